The molecule has 0 bridgehead atoms. The van der Waals surface area contributed by atoms with Crippen molar-refractivity contribution in [3.05, 3.63) is 23.2 Å². The van der Waals surface area contributed by atoms with Crippen LogP contribution in [-0.2, 0) is 0 Å². The molecule has 1 heterocycles. The van der Waals surface area contributed by atoms with E-state index in [-0.39, 0.29) is 0 Å². The van der Waals surface area contributed by atoms with Crippen LogP contribution in [0.15, 0.2) is 23.1 Å². The van der Waals surface area contributed by atoms with E-state index in [0.29, 0.717) is 4.83 Å². The number of thiazole rings is 1. The lowest BCUT2D eigenvalue weighted by atomic mass is 10.2. The summed E-state index contributed by atoms with van der Waals surface area (Å²) in [6.07, 6.45) is 2.29. The lowest BCUT2D eigenvalue weighted by Crippen LogP contribution is -1.86. The molecule has 1 nitrogen and oxygen atoms in total. The van der Waals surface area contributed by atoms with Crippen LogP contribution in [0.1, 0.15) is 29.6 Å². The number of para-hydroxylation sites is 1. The van der Waals surface area contributed by atoms with Gasteiger partial charge in [-0.05, 0) is 18.6 Å². The number of hydrogen-bond donors (Lipinski definition) is 1. The first-order valence-electron chi connectivity index (χ1n) is 4.95. The van der Waals surface area contributed by atoms with Crippen LogP contribution in [0.2, 0.25) is 0 Å². The minimum atomic E-state index is 0.382. The zero-order valence-corrected chi connectivity index (χ0v) is 11.7. The molecule has 0 saturated heterocycles. The summed E-state index contributed by atoms with van der Waals surface area (Å²) < 4.78 is 1.22. The number of fused-ring (bicyclic) bond motifs is 1. The number of halogens is 1. The van der Waals surface area contributed by atoms with Gasteiger partial charge in [0.25, 0.3) is 0 Å². The lowest BCUT2D eigenvalue weighted by Gasteiger charge is -2.01. The van der Waals surface area contributed by atoms with Gasteiger partial charge in [-0.3, -0.25) is 0 Å². The van der Waals surface area contributed by atoms with Crippen molar-refractivity contribution >= 4 is 50.1 Å². The average Bonchev–Trinajstić information content (AvgIpc) is 2.63. The molecule has 0 N–H and O–H groups in total. The Balaban J connectivity index is 2.43. The molecule has 1 aromatic heterocycles. The minimum absolute atomic E-state index is 0.382. The predicted molar refractivity (Wildman–Crippen MR) is 73.4 cm³/mol. The maximum Gasteiger partial charge on any atom is 0.108 e. The average molecular weight is 302 g/mol. The second-order valence-corrected chi connectivity index (χ2v) is 6.08. The molecule has 0 radical (unpaired) electrons. The van der Waals surface area contributed by atoms with Gasteiger partial charge in [-0.25, -0.2) is 4.98 Å². The van der Waals surface area contributed by atoms with Gasteiger partial charge < -0.3 is 0 Å². The molecule has 1 unspecified atom stereocenters. The van der Waals surface area contributed by atoms with Gasteiger partial charge in [0.1, 0.15) is 5.01 Å². The molecule has 1 atom stereocenters. The predicted octanol–water partition coefficient (Wildman–Crippen LogP) is 4.82. The van der Waals surface area contributed by atoms with E-state index >= 15 is 0 Å². The summed E-state index contributed by atoms with van der Waals surface area (Å²) in [7, 11) is 0. The molecule has 0 amide bonds. The van der Waals surface area contributed by atoms with E-state index in [1.807, 2.05) is 12.1 Å². The van der Waals surface area contributed by atoms with E-state index in [1.54, 1.807) is 11.3 Å². The fourth-order valence-corrected chi connectivity index (χ4v) is 3.64. The fraction of sp³-hybridized carbons (Fsp3) is 0.364. The molecule has 0 aliphatic rings. The summed E-state index contributed by atoms with van der Waals surface area (Å²) in [4.78, 5) is 5.97. The third kappa shape index (κ3) is 2.37. The van der Waals surface area contributed by atoms with Crippen LogP contribution in [0.25, 0.3) is 10.2 Å². The zero-order valence-electron chi connectivity index (χ0n) is 8.40. The first-order chi connectivity index (χ1) is 7.22. The molecule has 0 spiro atoms. The van der Waals surface area contributed by atoms with E-state index < -0.39 is 0 Å². The maximum absolute atomic E-state index is 4.63. The first kappa shape index (κ1) is 11.4. The van der Waals surface area contributed by atoms with Crippen molar-refractivity contribution in [2.24, 2.45) is 0 Å². The summed E-state index contributed by atoms with van der Waals surface area (Å²) in [5.74, 6) is 0. The normalized spacial score (nSPS) is 13.3. The summed E-state index contributed by atoms with van der Waals surface area (Å²) in [6, 6.07) is 6.11. The third-order valence-corrected chi connectivity index (χ3v) is 4.91. The van der Waals surface area contributed by atoms with Crippen LogP contribution >= 0.6 is 39.9 Å². The van der Waals surface area contributed by atoms with E-state index in [4.69, 9.17) is 0 Å². The quantitative estimate of drug-likeness (QED) is 0.633. The summed E-state index contributed by atoms with van der Waals surface area (Å²) in [5, 5.41) is 1.16. The van der Waals surface area contributed by atoms with Crippen molar-refractivity contribution in [2.75, 3.05) is 0 Å². The standard InChI is InChI=1S/C11H12BrNS2/c1-2-4-7(12)11-13-10-8(14)5-3-6-9(10)15-11/h3,5-7,14H,2,4H2,1H3. The Labute approximate surface area is 107 Å². The van der Waals surface area contributed by atoms with Gasteiger partial charge >= 0.3 is 0 Å². The van der Waals surface area contributed by atoms with Gasteiger partial charge in [-0.15, -0.1) is 24.0 Å². The molecule has 80 valence electrons. The Hall–Kier alpha value is -0.0600. The van der Waals surface area contributed by atoms with Gasteiger partial charge in [-0.2, -0.15) is 0 Å². The lowest BCUT2D eigenvalue weighted by molar-refractivity contribution is 0.784. The van der Waals surface area contributed by atoms with Crippen molar-refractivity contribution in [3.8, 4) is 0 Å². The number of rotatable bonds is 3. The minimum Gasteiger partial charge on any atom is -0.239 e. The van der Waals surface area contributed by atoms with Gasteiger partial charge in [-0.1, -0.05) is 35.3 Å². The summed E-state index contributed by atoms with van der Waals surface area (Å²) >= 11 is 9.84. The van der Waals surface area contributed by atoms with Crippen LogP contribution < -0.4 is 0 Å². The fourth-order valence-electron chi connectivity index (χ4n) is 1.46. The number of thiol groups is 1. The molecule has 0 fully saturated rings. The largest absolute Gasteiger partial charge is 0.239 e. The van der Waals surface area contributed by atoms with Gasteiger partial charge in [0, 0.05) is 4.90 Å². The molecule has 0 saturated carbocycles. The number of hydrogen-bond acceptors (Lipinski definition) is 3. The van der Waals surface area contributed by atoms with Crippen molar-refractivity contribution in [3.63, 3.8) is 0 Å². The van der Waals surface area contributed by atoms with Crippen molar-refractivity contribution in [2.45, 2.75) is 29.5 Å². The highest BCUT2D eigenvalue weighted by molar-refractivity contribution is 9.09. The van der Waals surface area contributed by atoms with E-state index in [9.17, 15) is 0 Å². The van der Waals surface area contributed by atoms with Crippen LogP contribution in [-0.4, -0.2) is 4.98 Å². The third-order valence-electron chi connectivity index (χ3n) is 2.22. The summed E-state index contributed by atoms with van der Waals surface area (Å²) in [6.45, 7) is 2.19. The van der Waals surface area contributed by atoms with Crippen LogP contribution in [0, 0.1) is 0 Å². The monoisotopic (exact) mass is 301 g/mol. The number of alkyl halides is 1. The highest BCUT2D eigenvalue weighted by Crippen LogP contribution is 2.35. The van der Waals surface area contributed by atoms with E-state index in [0.717, 1.165) is 21.8 Å². The second-order valence-electron chi connectivity index (χ2n) is 3.43. The summed E-state index contributed by atoms with van der Waals surface area (Å²) in [5.41, 5.74) is 1.03. The Bertz CT molecular complexity index is 467. The van der Waals surface area contributed by atoms with Crippen molar-refractivity contribution < 1.29 is 0 Å². The second kappa shape index (κ2) is 4.85. The number of aromatic nitrogens is 1. The molecule has 2 aromatic rings. The smallest absolute Gasteiger partial charge is 0.108 e. The van der Waals surface area contributed by atoms with Crippen LogP contribution in [0.5, 0.6) is 0 Å². The highest BCUT2D eigenvalue weighted by Gasteiger charge is 2.12. The number of nitrogens with zero attached hydrogens (tertiary/aromatic N) is 1. The van der Waals surface area contributed by atoms with E-state index in [1.165, 1.54) is 11.1 Å². The maximum atomic E-state index is 4.63. The Morgan fingerprint density at radius 1 is 1.53 bits per heavy atom. The Morgan fingerprint density at radius 3 is 3.00 bits per heavy atom. The zero-order chi connectivity index (χ0) is 10.8. The molecule has 1 aromatic carbocycles. The topological polar surface area (TPSA) is 12.9 Å². The van der Waals surface area contributed by atoms with Gasteiger partial charge in [0.15, 0.2) is 0 Å². The Kier molecular flexibility index (Phi) is 3.69. The first-order valence-corrected chi connectivity index (χ1v) is 7.12. The van der Waals surface area contributed by atoms with Crippen molar-refractivity contribution in [1.82, 2.24) is 4.98 Å². The molecule has 2 rings (SSSR count). The molecular formula is C11H12BrNS2. The van der Waals surface area contributed by atoms with Gasteiger partial charge in [0.05, 0.1) is 15.0 Å². The van der Waals surface area contributed by atoms with E-state index in [2.05, 4.69) is 46.5 Å². The van der Waals surface area contributed by atoms with Crippen molar-refractivity contribution in [1.29, 1.82) is 0 Å². The molecule has 4 heteroatoms. The van der Waals surface area contributed by atoms with Crippen LogP contribution in [0.4, 0.5) is 0 Å². The van der Waals surface area contributed by atoms with Gasteiger partial charge in [0.2, 0.25) is 0 Å². The molecule has 0 aliphatic carbocycles. The highest BCUT2D eigenvalue weighted by atomic mass is 79.9. The molecule has 15 heavy (non-hydrogen) atoms. The van der Waals surface area contributed by atoms with Crippen LogP contribution in [0.3, 0.4) is 0 Å². The molecular weight excluding hydrogens is 290 g/mol. The SMILES string of the molecule is CCCC(Br)c1nc2c(S)cccc2s1. The number of benzene rings is 1. The molecule has 0 aliphatic heterocycles. The Morgan fingerprint density at radius 2 is 2.33 bits per heavy atom.